The zero-order valence-corrected chi connectivity index (χ0v) is 13.5. The Bertz CT molecular complexity index is 866. The smallest absolute Gasteiger partial charge is 0.123 e. The average Bonchev–Trinajstić information content (AvgIpc) is 2.94. The fourth-order valence-electron chi connectivity index (χ4n) is 2.08. The monoisotopic (exact) mass is 323 g/mol. The van der Waals surface area contributed by atoms with E-state index >= 15 is 0 Å². The fourth-order valence-corrected chi connectivity index (χ4v) is 2.99. The van der Waals surface area contributed by atoms with E-state index in [1.165, 1.54) is 0 Å². The van der Waals surface area contributed by atoms with E-state index in [1.54, 1.807) is 35.7 Å². The Balaban J connectivity index is 1.69. The molecule has 0 aliphatic heterocycles. The molecule has 2 aromatic heterocycles. The first-order chi connectivity index (χ1) is 11.1. The lowest BCUT2D eigenvalue weighted by Crippen LogP contribution is -1.88. The van der Waals surface area contributed by atoms with Crippen LogP contribution in [0.25, 0.3) is 22.4 Å². The summed E-state index contributed by atoms with van der Waals surface area (Å²) in [6, 6.07) is 8.95. The van der Waals surface area contributed by atoms with Gasteiger partial charge in [-0.2, -0.15) is 0 Å². The number of allylic oxidation sites excluding steroid dienone is 2. The summed E-state index contributed by atoms with van der Waals surface area (Å²) in [5.41, 5.74) is 7.50. The number of thiazole rings is 1. The zero-order valence-electron chi connectivity index (χ0n) is 12.7. The molecule has 3 rings (SSSR count). The number of phenols is 1. The number of nitrogens with zero attached hydrogens (tertiary/aromatic N) is 2. The van der Waals surface area contributed by atoms with Crippen molar-refractivity contribution >= 4 is 39.5 Å². The Labute approximate surface area is 138 Å². The van der Waals surface area contributed by atoms with Crippen molar-refractivity contribution in [2.24, 2.45) is 5.92 Å². The number of nitrogen functional groups attached to an aromatic ring is 1. The van der Waals surface area contributed by atoms with E-state index in [1.807, 2.05) is 24.3 Å². The molecule has 0 bridgehead atoms. The Morgan fingerprint density at radius 1 is 1.17 bits per heavy atom. The number of aromatic hydroxyl groups is 1. The van der Waals surface area contributed by atoms with Crippen molar-refractivity contribution in [1.82, 2.24) is 9.97 Å². The van der Waals surface area contributed by atoms with Crippen LogP contribution >= 0.6 is 11.3 Å². The molecule has 5 heteroatoms. The highest BCUT2D eigenvalue weighted by atomic mass is 32.1. The molecular formula is C18H17N3OS. The Morgan fingerprint density at radius 3 is 2.78 bits per heavy atom. The van der Waals surface area contributed by atoms with Crippen LogP contribution < -0.4 is 5.73 Å². The lowest BCUT2D eigenvalue weighted by atomic mass is 10.1. The van der Waals surface area contributed by atoms with Gasteiger partial charge in [0.05, 0.1) is 10.2 Å². The largest absolute Gasteiger partial charge is 0.508 e. The molecule has 3 N–H and O–H groups in total. The molecule has 0 aliphatic rings. The number of phenolic OH excluding ortho intramolecular Hbond substituents is 1. The number of nitrogens with two attached hydrogens (primary N) is 1. The number of hydrogen-bond donors (Lipinski definition) is 2. The summed E-state index contributed by atoms with van der Waals surface area (Å²) in [6.07, 6.45) is 9.99. The van der Waals surface area contributed by atoms with Gasteiger partial charge >= 0.3 is 0 Å². The zero-order chi connectivity index (χ0) is 16.2. The lowest BCUT2D eigenvalue weighted by molar-refractivity contribution is 0.476. The van der Waals surface area contributed by atoms with Gasteiger partial charge in [0.25, 0.3) is 0 Å². The van der Waals surface area contributed by atoms with Gasteiger partial charge in [0, 0.05) is 6.20 Å². The number of benzene rings is 1. The van der Waals surface area contributed by atoms with Crippen LogP contribution in [0.15, 0.2) is 48.7 Å². The number of anilines is 1. The summed E-state index contributed by atoms with van der Waals surface area (Å²) in [5.74, 6) is 1.06. The predicted octanol–water partition coefficient (Wildman–Crippen LogP) is 4.34. The summed E-state index contributed by atoms with van der Waals surface area (Å²) in [5, 5.41) is 10.4. The summed E-state index contributed by atoms with van der Waals surface area (Å²) in [4.78, 5) is 8.59. The molecule has 23 heavy (non-hydrogen) atoms. The Kier molecular flexibility index (Phi) is 4.39. The highest BCUT2D eigenvalue weighted by molar-refractivity contribution is 7.19. The predicted molar refractivity (Wildman–Crippen MR) is 97.2 cm³/mol. The van der Waals surface area contributed by atoms with E-state index in [-0.39, 0.29) is 11.7 Å². The minimum Gasteiger partial charge on any atom is -0.508 e. The molecule has 2 heterocycles. The third-order valence-electron chi connectivity index (χ3n) is 3.33. The van der Waals surface area contributed by atoms with Crippen molar-refractivity contribution in [3.05, 3.63) is 59.3 Å². The van der Waals surface area contributed by atoms with Gasteiger partial charge in [0.15, 0.2) is 0 Å². The number of fused-ring (bicyclic) bond motifs is 1. The minimum absolute atomic E-state index is 0.269. The van der Waals surface area contributed by atoms with E-state index in [0.29, 0.717) is 5.82 Å². The third-order valence-corrected chi connectivity index (χ3v) is 4.32. The van der Waals surface area contributed by atoms with Gasteiger partial charge in [-0.25, -0.2) is 9.97 Å². The summed E-state index contributed by atoms with van der Waals surface area (Å²) < 4.78 is 0.987. The fraction of sp³-hybridized carbons (Fsp3) is 0.111. The van der Waals surface area contributed by atoms with Crippen molar-refractivity contribution < 1.29 is 5.11 Å². The van der Waals surface area contributed by atoms with Crippen LogP contribution in [0.4, 0.5) is 5.82 Å². The molecule has 1 unspecified atom stereocenters. The molecule has 0 saturated heterocycles. The maximum absolute atomic E-state index is 9.49. The second-order valence-electron chi connectivity index (χ2n) is 5.30. The van der Waals surface area contributed by atoms with Crippen molar-refractivity contribution in [3.8, 4) is 5.75 Å². The summed E-state index contributed by atoms with van der Waals surface area (Å²) in [7, 11) is 0. The number of aromatic nitrogens is 2. The van der Waals surface area contributed by atoms with E-state index in [4.69, 9.17) is 5.73 Å². The van der Waals surface area contributed by atoms with Crippen LogP contribution in [0, 0.1) is 5.92 Å². The molecule has 1 atom stereocenters. The first kappa shape index (κ1) is 15.2. The molecule has 116 valence electrons. The molecule has 0 aliphatic carbocycles. The molecule has 1 aromatic carbocycles. The summed E-state index contributed by atoms with van der Waals surface area (Å²) in [6.45, 7) is 2.11. The second-order valence-corrected chi connectivity index (χ2v) is 6.36. The molecule has 0 amide bonds. The first-order valence-corrected chi connectivity index (χ1v) is 8.09. The van der Waals surface area contributed by atoms with E-state index in [9.17, 15) is 5.11 Å². The van der Waals surface area contributed by atoms with Gasteiger partial charge < -0.3 is 10.8 Å². The molecule has 0 saturated carbocycles. The second kappa shape index (κ2) is 6.62. The minimum atomic E-state index is 0.269. The van der Waals surface area contributed by atoms with Crippen LogP contribution in [-0.2, 0) is 0 Å². The topological polar surface area (TPSA) is 72.0 Å². The van der Waals surface area contributed by atoms with Crippen LogP contribution in [0.3, 0.4) is 0 Å². The standard InChI is InChI=1S/C18H17N3OS/c1-12(2-4-13-5-8-17(19)20-11-13)3-9-18-21-15-7-6-14(22)10-16(15)23-18/h2-12,22H,1H3,(H2,19,20)/b4-2+,9-3+. The summed E-state index contributed by atoms with van der Waals surface area (Å²) >= 11 is 1.56. The van der Waals surface area contributed by atoms with Crippen LogP contribution in [0.5, 0.6) is 5.75 Å². The van der Waals surface area contributed by atoms with Gasteiger partial charge in [0.2, 0.25) is 0 Å². The van der Waals surface area contributed by atoms with Crippen LogP contribution in [0.1, 0.15) is 17.5 Å². The lowest BCUT2D eigenvalue weighted by Gasteiger charge is -1.98. The molecule has 0 spiro atoms. The van der Waals surface area contributed by atoms with E-state index < -0.39 is 0 Å². The van der Waals surface area contributed by atoms with Crippen molar-refractivity contribution in [1.29, 1.82) is 0 Å². The van der Waals surface area contributed by atoms with Crippen LogP contribution in [0.2, 0.25) is 0 Å². The maximum Gasteiger partial charge on any atom is 0.123 e. The number of pyridine rings is 1. The Hall–Kier alpha value is -2.66. The average molecular weight is 323 g/mol. The highest BCUT2D eigenvalue weighted by Crippen LogP contribution is 2.26. The number of rotatable bonds is 4. The third kappa shape index (κ3) is 3.96. The van der Waals surface area contributed by atoms with E-state index in [2.05, 4.69) is 29.0 Å². The number of hydrogen-bond acceptors (Lipinski definition) is 5. The maximum atomic E-state index is 9.49. The van der Waals surface area contributed by atoms with Gasteiger partial charge in [0.1, 0.15) is 16.6 Å². The van der Waals surface area contributed by atoms with Gasteiger partial charge in [-0.05, 0) is 47.9 Å². The van der Waals surface area contributed by atoms with Gasteiger partial charge in [-0.1, -0.05) is 25.2 Å². The SMILES string of the molecule is CC(/C=C/c1ccc(N)nc1)/C=C/c1nc2ccc(O)cc2s1. The van der Waals surface area contributed by atoms with Crippen molar-refractivity contribution in [3.63, 3.8) is 0 Å². The van der Waals surface area contributed by atoms with Crippen molar-refractivity contribution in [2.45, 2.75) is 6.92 Å². The van der Waals surface area contributed by atoms with Crippen LogP contribution in [-0.4, -0.2) is 15.1 Å². The normalized spacial score (nSPS) is 13.3. The molecule has 0 fully saturated rings. The van der Waals surface area contributed by atoms with Gasteiger partial charge in [-0.15, -0.1) is 11.3 Å². The van der Waals surface area contributed by atoms with Crippen molar-refractivity contribution in [2.75, 3.05) is 5.73 Å². The van der Waals surface area contributed by atoms with Gasteiger partial charge in [-0.3, -0.25) is 0 Å². The highest BCUT2D eigenvalue weighted by Gasteiger charge is 2.02. The molecular weight excluding hydrogens is 306 g/mol. The molecule has 4 nitrogen and oxygen atoms in total. The molecule has 0 radical (unpaired) electrons. The first-order valence-electron chi connectivity index (χ1n) is 7.27. The Morgan fingerprint density at radius 2 is 2.00 bits per heavy atom. The molecule has 3 aromatic rings. The van der Waals surface area contributed by atoms with E-state index in [0.717, 1.165) is 20.8 Å². The quantitative estimate of drug-likeness (QED) is 0.749.